The van der Waals surface area contributed by atoms with E-state index in [-0.39, 0.29) is 5.91 Å². The van der Waals surface area contributed by atoms with Crippen LogP contribution in [0, 0.1) is 0 Å². The van der Waals surface area contributed by atoms with E-state index in [9.17, 15) is 4.79 Å². The molecule has 0 unspecified atom stereocenters. The van der Waals surface area contributed by atoms with Gasteiger partial charge in [-0.05, 0) is 30.5 Å². The van der Waals surface area contributed by atoms with Crippen LogP contribution in [0.5, 0.6) is 0 Å². The molecule has 4 nitrogen and oxygen atoms in total. The highest BCUT2D eigenvalue weighted by Gasteiger charge is 2.41. The van der Waals surface area contributed by atoms with Gasteiger partial charge in [0.25, 0.3) is 0 Å². The molecule has 1 aromatic carbocycles. The van der Waals surface area contributed by atoms with Gasteiger partial charge in [-0.1, -0.05) is 23.7 Å². The first-order valence-electron chi connectivity index (χ1n) is 6.51. The third-order valence-electron chi connectivity index (χ3n) is 3.59. The molecular formula is C14H19ClN2O2. The molecule has 1 amide bonds. The van der Waals surface area contributed by atoms with E-state index in [1.165, 1.54) is 0 Å². The van der Waals surface area contributed by atoms with E-state index in [1.54, 1.807) is 0 Å². The van der Waals surface area contributed by atoms with Gasteiger partial charge in [-0.15, -0.1) is 0 Å². The molecule has 1 saturated heterocycles. The van der Waals surface area contributed by atoms with Gasteiger partial charge in [0.2, 0.25) is 5.91 Å². The zero-order valence-corrected chi connectivity index (χ0v) is 11.6. The van der Waals surface area contributed by atoms with Crippen LogP contribution in [0.1, 0.15) is 18.4 Å². The van der Waals surface area contributed by atoms with E-state index in [0.29, 0.717) is 44.2 Å². The molecule has 1 aliphatic rings. The van der Waals surface area contributed by atoms with Gasteiger partial charge in [0, 0.05) is 31.3 Å². The lowest BCUT2D eigenvalue weighted by Gasteiger charge is -2.36. The lowest BCUT2D eigenvalue weighted by atomic mass is 9.73. The summed E-state index contributed by atoms with van der Waals surface area (Å²) in [6.07, 6.45) is 1.34. The fourth-order valence-corrected chi connectivity index (χ4v) is 2.70. The zero-order chi connectivity index (χ0) is 13.7. The van der Waals surface area contributed by atoms with Crippen LogP contribution >= 0.6 is 11.6 Å². The number of halogens is 1. The number of rotatable bonds is 4. The van der Waals surface area contributed by atoms with Crippen LogP contribution < -0.4 is 11.1 Å². The summed E-state index contributed by atoms with van der Waals surface area (Å²) >= 11 is 6.05. The van der Waals surface area contributed by atoms with Crippen LogP contribution in [0.3, 0.4) is 0 Å². The van der Waals surface area contributed by atoms with Gasteiger partial charge in [0.1, 0.15) is 0 Å². The summed E-state index contributed by atoms with van der Waals surface area (Å²) in [6, 6.07) is 7.52. The molecule has 0 radical (unpaired) electrons. The fourth-order valence-electron chi connectivity index (χ4n) is 2.51. The second kappa shape index (κ2) is 6.37. The first-order chi connectivity index (χ1) is 9.19. The van der Waals surface area contributed by atoms with Crippen LogP contribution in [-0.4, -0.2) is 32.2 Å². The molecule has 2 rings (SSSR count). The van der Waals surface area contributed by atoms with Crippen LogP contribution in [-0.2, 0) is 14.9 Å². The monoisotopic (exact) mass is 282 g/mol. The Kier molecular flexibility index (Phi) is 4.80. The minimum atomic E-state index is -0.543. The Labute approximate surface area is 118 Å². The Morgan fingerprint density at radius 2 is 2.16 bits per heavy atom. The van der Waals surface area contributed by atoms with Crippen LogP contribution in [0.2, 0.25) is 5.02 Å². The maximum absolute atomic E-state index is 12.5. The predicted molar refractivity (Wildman–Crippen MR) is 75.2 cm³/mol. The summed E-state index contributed by atoms with van der Waals surface area (Å²) in [6.45, 7) is 2.10. The van der Waals surface area contributed by atoms with Crippen molar-refractivity contribution in [3.8, 4) is 0 Å². The van der Waals surface area contributed by atoms with Gasteiger partial charge in [-0.25, -0.2) is 0 Å². The largest absolute Gasteiger partial charge is 0.381 e. The molecule has 0 saturated carbocycles. The number of nitrogens with one attached hydrogen (secondary N) is 1. The van der Waals surface area contributed by atoms with Gasteiger partial charge in [-0.3, -0.25) is 4.79 Å². The Hall–Kier alpha value is -1.10. The molecule has 19 heavy (non-hydrogen) atoms. The average Bonchev–Trinajstić information content (AvgIpc) is 2.45. The minimum absolute atomic E-state index is 0.0171. The van der Waals surface area contributed by atoms with Crippen molar-refractivity contribution in [2.75, 3.05) is 26.3 Å². The SMILES string of the molecule is NCCNC(=O)C1(c2cccc(Cl)c2)CCOCC1. The summed E-state index contributed by atoms with van der Waals surface area (Å²) in [5.41, 5.74) is 5.86. The maximum Gasteiger partial charge on any atom is 0.230 e. The Balaban J connectivity index is 2.31. The summed E-state index contributed by atoms with van der Waals surface area (Å²) in [4.78, 5) is 12.5. The number of amides is 1. The van der Waals surface area contributed by atoms with Crippen molar-refractivity contribution >= 4 is 17.5 Å². The van der Waals surface area contributed by atoms with Gasteiger partial charge in [0.05, 0.1) is 5.41 Å². The Morgan fingerprint density at radius 3 is 2.79 bits per heavy atom. The molecule has 1 fully saturated rings. The van der Waals surface area contributed by atoms with Crippen LogP contribution in [0.4, 0.5) is 0 Å². The van der Waals surface area contributed by atoms with Crippen molar-refractivity contribution in [2.45, 2.75) is 18.3 Å². The zero-order valence-electron chi connectivity index (χ0n) is 10.8. The number of benzene rings is 1. The third-order valence-corrected chi connectivity index (χ3v) is 3.82. The predicted octanol–water partition coefficient (Wildman–Crippen LogP) is 1.46. The van der Waals surface area contributed by atoms with Gasteiger partial charge in [0.15, 0.2) is 0 Å². The summed E-state index contributed by atoms with van der Waals surface area (Å²) in [5.74, 6) is 0.0171. The maximum atomic E-state index is 12.5. The minimum Gasteiger partial charge on any atom is -0.381 e. The second-order valence-electron chi connectivity index (χ2n) is 4.75. The first-order valence-corrected chi connectivity index (χ1v) is 6.89. The molecule has 3 N–H and O–H groups in total. The van der Waals surface area contributed by atoms with Gasteiger partial charge >= 0.3 is 0 Å². The molecular weight excluding hydrogens is 264 g/mol. The van der Waals surface area contributed by atoms with Crippen molar-refractivity contribution in [1.29, 1.82) is 0 Å². The second-order valence-corrected chi connectivity index (χ2v) is 5.19. The highest BCUT2D eigenvalue weighted by atomic mass is 35.5. The smallest absolute Gasteiger partial charge is 0.230 e. The van der Waals surface area contributed by atoms with E-state index < -0.39 is 5.41 Å². The first kappa shape index (κ1) is 14.3. The van der Waals surface area contributed by atoms with Crippen molar-refractivity contribution < 1.29 is 9.53 Å². The molecule has 1 aliphatic heterocycles. The standard InChI is InChI=1S/C14H19ClN2O2/c15-12-3-1-2-11(10-12)14(4-8-19-9-5-14)13(18)17-7-6-16/h1-3,10H,4-9,16H2,(H,17,18). The number of carbonyl (C=O) groups excluding carboxylic acids is 1. The van der Waals surface area contributed by atoms with E-state index in [0.717, 1.165) is 5.56 Å². The number of hydrogen-bond acceptors (Lipinski definition) is 3. The van der Waals surface area contributed by atoms with Crippen molar-refractivity contribution in [3.63, 3.8) is 0 Å². The normalized spacial score (nSPS) is 18.0. The van der Waals surface area contributed by atoms with Gasteiger partial charge in [-0.2, -0.15) is 0 Å². The van der Waals surface area contributed by atoms with E-state index in [2.05, 4.69) is 5.32 Å². The number of hydrogen-bond donors (Lipinski definition) is 2. The number of carbonyl (C=O) groups is 1. The third kappa shape index (κ3) is 3.08. The summed E-state index contributed by atoms with van der Waals surface area (Å²) < 4.78 is 5.39. The lowest BCUT2D eigenvalue weighted by Crippen LogP contribution is -2.49. The van der Waals surface area contributed by atoms with E-state index in [4.69, 9.17) is 22.1 Å². The molecule has 5 heteroatoms. The quantitative estimate of drug-likeness (QED) is 0.879. The summed E-state index contributed by atoms with van der Waals surface area (Å²) in [5, 5.41) is 3.55. The molecule has 0 bridgehead atoms. The molecule has 0 atom stereocenters. The molecule has 0 spiro atoms. The van der Waals surface area contributed by atoms with Crippen molar-refractivity contribution in [2.24, 2.45) is 5.73 Å². The number of ether oxygens (including phenoxy) is 1. The molecule has 0 aliphatic carbocycles. The van der Waals surface area contributed by atoms with E-state index >= 15 is 0 Å². The molecule has 1 heterocycles. The molecule has 104 valence electrons. The highest BCUT2D eigenvalue weighted by molar-refractivity contribution is 6.30. The van der Waals surface area contributed by atoms with Crippen LogP contribution in [0.25, 0.3) is 0 Å². The molecule has 0 aromatic heterocycles. The van der Waals surface area contributed by atoms with Crippen molar-refractivity contribution in [3.05, 3.63) is 34.9 Å². The van der Waals surface area contributed by atoms with Crippen LogP contribution in [0.15, 0.2) is 24.3 Å². The fraction of sp³-hybridized carbons (Fsp3) is 0.500. The van der Waals surface area contributed by atoms with E-state index in [1.807, 2.05) is 24.3 Å². The lowest BCUT2D eigenvalue weighted by molar-refractivity contribution is -0.130. The Bertz CT molecular complexity index is 445. The average molecular weight is 283 g/mol. The summed E-state index contributed by atoms with van der Waals surface area (Å²) in [7, 11) is 0. The highest BCUT2D eigenvalue weighted by Crippen LogP contribution is 2.36. The topological polar surface area (TPSA) is 64.3 Å². The van der Waals surface area contributed by atoms with Gasteiger partial charge < -0.3 is 15.8 Å². The Morgan fingerprint density at radius 1 is 1.42 bits per heavy atom. The number of nitrogens with two attached hydrogens (primary N) is 1. The van der Waals surface area contributed by atoms with Crippen molar-refractivity contribution in [1.82, 2.24) is 5.32 Å². The molecule has 1 aromatic rings.